The van der Waals surface area contributed by atoms with E-state index >= 15 is 0 Å². The first-order chi connectivity index (χ1) is 7.74. The molecule has 0 radical (unpaired) electrons. The van der Waals surface area contributed by atoms with E-state index in [0.717, 1.165) is 0 Å². The predicted molar refractivity (Wildman–Crippen MR) is 60.2 cm³/mol. The van der Waals surface area contributed by atoms with Crippen molar-refractivity contribution in [3.05, 3.63) is 40.2 Å². The first kappa shape index (κ1) is 10.2. The highest BCUT2D eigenvalue weighted by Gasteiger charge is 2.10. The lowest BCUT2D eigenvalue weighted by Gasteiger charge is -2.05. The second-order valence-corrected chi connectivity index (χ2v) is 3.48. The van der Waals surface area contributed by atoms with E-state index in [2.05, 4.69) is 4.98 Å². The van der Waals surface area contributed by atoms with Crippen LogP contribution in [0.15, 0.2) is 29.1 Å². The minimum Gasteiger partial charge on any atom is -0.507 e. The Kier molecular flexibility index (Phi) is 2.61. The highest BCUT2D eigenvalue weighted by atomic mass is 16.3. The molecule has 80 valence electrons. The van der Waals surface area contributed by atoms with Crippen LogP contribution < -0.4 is 5.56 Å². The summed E-state index contributed by atoms with van der Waals surface area (Å²) < 4.78 is 0. The Hall–Kier alpha value is -2.28. The molecule has 1 aromatic heterocycles. The van der Waals surface area contributed by atoms with Crippen LogP contribution in [0.5, 0.6) is 5.75 Å². The van der Waals surface area contributed by atoms with E-state index in [1.54, 1.807) is 24.3 Å². The van der Waals surface area contributed by atoms with E-state index in [1.807, 2.05) is 6.07 Å². The van der Waals surface area contributed by atoms with Crippen molar-refractivity contribution in [1.82, 2.24) is 4.98 Å². The number of aromatic hydroxyl groups is 1. The second-order valence-electron chi connectivity index (χ2n) is 3.48. The molecule has 0 aliphatic heterocycles. The summed E-state index contributed by atoms with van der Waals surface area (Å²) in [6.45, 7) is 0. The minimum atomic E-state index is -0.327. The second kappa shape index (κ2) is 4.07. The summed E-state index contributed by atoms with van der Waals surface area (Å²) in [6.07, 6.45) is 0.484. The Bertz CT molecular complexity index is 623. The quantitative estimate of drug-likeness (QED) is 0.798. The van der Waals surface area contributed by atoms with Gasteiger partial charge in [0, 0.05) is 11.8 Å². The van der Waals surface area contributed by atoms with E-state index < -0.39 is 0 Å². The van der Waals surface area contributed by atoms with Crippen LogP contribution in [0.1, 0.15) is 12.0 Å². The molecule has 0 spiro atoms. The molecule has 0 unspecified atom stereocenters. The molecule has 0 fully saturated rings. The fraction of sp³-hybridized carbons (Fsp3) is 0.167. The molecular formula is C12H10N2O2. The third kappa shape index (κ3) is 1.63. The zero-order chi connectivity index (χ0) is 11.5. The van der Waals surface area contributed by atoms with Crippen molar-refractivity contribution in [3.63, 3.8) is 0 Å². The van der Waals surface area contributed by atoms with Crippen LogP contribution in [-0.2, 0) is 6.42 Å². The molecule has 1 heterocycles. The lowest BCUT2D eigenvalue weighted by molar-refractivity contribution is 0.473. The molecule has 4 nitrogen and oxygen atoms in total. The Labute approximate surface area is 91.8 Å². The van der Waals surface area contributed by atoms with Gasteiger partial charge in [-0.05, 0) is 18.6 Å². The molecule has 2 aromatic rings. The molecule has 16 heavy (non-hydrogen) atoms. The van der Waals surface area contributed by atoms with Crippen molar-refractivity contribution in [2.75, 3.05) is 0 Å². The van der Waals surface area contributed by atoms with Gasteiger partial charge < -0.3 is 10.1 Å². The summed E-state index contributed by atoms with van der Waals surface area (Å²) in [7, 11) is 0. The Morgan fingerprint density at radius 2 is 2.12 bits per heavy atom. The molecule has 0 saturated heterocycles. The number of pyridine rings is 1. The fourth-order valence-electron chi connectivity index (χ4n) is 1.68. The first-order valence-corrected chi connectivity index (χ1v) is 4.94. The van der Waals surface area contributed by atoms with E-state index in [9.17, 15) is 9.90 Å². The molecule has 1 aromatic carbocycles. The van der Waals surface area contributed by atoms with Gasteiger partial charge in [-0.1, -0.05) is 12.1 Å². The number of rotatable bonds is 2. The molecule has 0 bridgehead atoms. The number of hydrogen-bond donors (Lipinski definition) is 2. The lowest BCUT2D eigenvalue weighted by atomic mass is 10.1. The maximum atomic E-state index is 11.6. The van der Waals surface area contributed by atoms with Crippen LogP contribution in [0.2, 0.25) is 0 Å². The number of nitrogens with one attached hydrogen (secondary N) is 1. The summed E-state index contributed by atoms with van der Waals surface area (Å²) in [5.41, 5.74) is 0.553. The average molecular weight is 214 g/mol. The summed E-state index contributed by atoms with van der Waals surface area (Å²) in [6, 6.07) is 8.98. The number of aromatic nitrogens is 1. The number of benzene rings is 1. The first-order valence-electron chi connectivity index (χ1n) is 4.94. The third-order valence-electron chi connectivity index (χ3n) is 2.48. The number of fused-ring (bicyclic) bond motifs is 1. The molecular weight excluding hydrogens is 204 g/mol. The van der Waals surface area contributed by atoms with Crippen LogP contribution in [-0.4, -0.2) is 10.1 Å². The van der Waals surface area contributed by atoms with Gasteiger partial charge in [0.05, 0.1) is 17.1 Å². The van der Waals surface area contributed by atoms with Crippen molar-refractivity contribution < 1.29 is 5.11 Å². The maximum Gasteiger partial charge on any atom is 0.255 e. The van der Waals surface area contributed by atoms with E-state index in [-0.39, 0.29) is 29.7 Å². The van der Waals surface area contributed by atoms with Crippen LogP contribution >= 0.6 is 0 Å². The van der Waals surface area contributed by atoms with Gasteiger partial charge >= 0.3 is 0 Å². The standard InChI is InChI=1S/C12H10N2O2/c13-7-3-5-9-11(15)8-4-1-2-6-10(8)14-12(9)16/h1-2,4,6H,3,5H2,(H2,14,15,16). The number of H-pyrrole nitrogens is 1. The number of para-hydroxylation sites is 1. The Morgan fingerprint density at radius 3 is 2.88 bits per heavy atom. The van der Waals surface area contributed by atoms with Crippen molar-refractivity contribution in [1.29, 1.82) is 5.26 Å². The fourth-order valence-corrected chi connectivity index (χ4v) is 1.68. The zero-order valence-electron chi connectivity index (χ0n) is 8.53. The van der Waals surface area contributed by atoms with Gasteiger partial charge in [0.25, 0.3) is 5.56 Å². The van der Waals surface area contributed by atoms with E-state index in [0.29, 0.717) is 10.9 Å². The summed E-state index contributed by atoms with van der Waals surface area (Å²) in [4.78, 5) is 14.3. The van der Waals surface area contributed by atoms with Crippen LogP contribution in [0, 0.1) is 11.3 Å². The largest absolute Gasteiger partial charge is 0.507 e. The third-order valence-corrected chi connectivity index (χ3v) is 2.48. The van der Waals surface area contributed by atoms with Crippen molar-refractivity contribution in [2.24, 2.45) is 0 Å². The average Bonchev–Trinajstić information content (AvgIpc) is 2.29. The molecule has 4 heteroatoms. The molecule has 0 amide bonds. The van der Waals surface area contributed by atoms with Gasteiger partial charge in [0.1, 0.15) is 5.75 Å². The van der Waals surface area contributed by atoms with E-state index in [1.165, 1.54) is 0 Å². The van der Waals surface area contributed by atoms with Crippen molar-refractivity contribution in [3.8, 4) is 11.8 Å². The molecule has 0 aliphatic carbocycles. The number of aromatic amines is 1. The van der Waals surface area contributed by atoms with Gasteiger partial charge in [0.15, 0.2) is 0 Å². The summed E-state index contributed by atoms with van der Waals surface area (Å²) in [5, 5.41) is 19.0. The van der Waals surface area contributed by atoms with E-state index in [4.69, 9.17) is 5.26 Å². The van der Waals surface area contributed by atoms with Crippen LogP contribution in [0.25, 0.3) is 10.9 Å². The van der Waals surface area contributed by atoms with Gasteiger partial charge in [0.2, 0.25) is 0 Å². The minimum absolute atomic E-state index is 0.0189. The number of nitriles is 1. The Balaban J connectivity index is 2.67. The van der Waals surface area contributed by atoms with Gasteiger partial charge in [-0.15, -0.1) is 0 Å². The normalized spacial score (nSPS) is 10.2. The van der Waals surface area contributed by atoms with Crippen LogP contribution in [0.4, 0.5) is 0 Å². The van der Waals surface area contributed by atoms with Gasteiger partial charge in [-0.25, -0.2) is 0 Å². The molecule has 0 atom stereocenters. The lowest BCUT2D eigenvalue weighted by Crippen LogP contribution is -2.12. The maximum absolute atomic E-state index is 11.6. The highest BCUT2D eigenvalue weighted by Crippen LogP contribution is 2.24. The Morgan fingerprint density at radius 1 is 1.38 bits per heavy atom. The number of nitrogens with zero attached hydrogens (tertiary/aromatic N) is 1. The zero-order valence-corrected chi connectivity index (χ0v) is 8.53. The predicted octanol–water partition coefficient (Wildman–Crippen LogP) is 1.69. The SMILES string of the molecule is N#CCCc1c(O)c2ccccc2[nH]c1=O. The monoisotopic (exact) mass is 214 g/mol. The van der Waals surface area contributed by atoms with Gasteiger partial charge in [-0.2, -0.15) is 5.26 Å². The molecule has 0 saturated carbocycles. The smallest absolute Gasteiger partial charge is 0.255 e. The summed E-state index contributed by atoms with van der Waals surface area (Å²) in [5.74, 6) is -0.0189. The number of hydrogen-bond acceptors (Lipinski definition) is 3. The van der Waals surface area contributed by atoms with Gasteiger partial charge in [-0.3, -0.25) is 4.79 Å². The van der Waals surface area contributed by atoms with Crippen molar-refractivity contribution in [2.45, 2.75) is 12.8 Å². The highest BCUT2D eigenvalue weighted by molar-refractivity contribution is 5.85. The topological polar surface area (TPSA) is 76.9 Å². The molecule has 0 aliphatic rings. The summed E-state index contributed by atoms with van der Waals surface area (Å²) >= 11 is 0. The molecule has 2 N–H and O–H groups in total. The van der Waals surface area contributed by atoms with Crippen LogP contribution in [0.3, 0.4) is 0 Å². The van der Waals surface area contributed by atoms with Crippen molar-refractivity contribution >= 4 is 10.9 Å². The molecule has 2 rings (SSSR count).